The van der Waals surface area contributed by atoms with Crippen LogP contribution in [0, 0.1) is 33.1 Å². The molecule has 0 radical (unpaired) electrons. The lowest BCUT2D eigenvalue weighted by atomic mass is 9.92. The molecule has 16 nitrogen and oxygen atoms in total. The Hall–Kier alpha value is -7.38. The van der Waals surface area contributed by atoms with Gasteiger partial charge >= 0.3 is 11.9 Å². The van der Waals surface area contributed by atoms with Crippen molar-refractivity contribution < 1.29 is 38.1 Å². The smallest absolute Gasteiger partial charge is 0.311 e. The van der Waals surface area contributed by atoms with Crippen molar-refractivity contribution in [2.45, 2.75) is 53.6 Å². The highest BCUT2D eigenvalue weighted by molar-refractivity contribution is 14.0. The van der Waals surface area contributed by atoms with Gasteiger partial charge in [0.2, 0.25) is 0 Å². The molecule has 0 bridgehead atoms. The summed E-state index contributed by atoms with van der Waals surface area (Å²) in [6.07, 6.45) is 6.30. The van der Waals surface area contributed by atoms with Crippen molar-refractivity contribution in [2.24, 2.45) is 23.3 Å². The zero-order valence-electron chi connectivity index (χ0n) is 37.7. The van der Waals surface area contributed by atoms with E-state index in [1.807, 2.05) is 12.1 Å². The molecule has 6 aromatic rings. The van der Waals surface area contributed by atoms with Gasteiger partial charge in [-0.05, 0) is 96.5 Å². The van der Waals surface area contributed by atoms with E-state index in [0.29, 0.717) is 44.6 Å². The van der Waals surface area contributed by atoms with Crippen LogP contribution in [0.15, 0.2) is 146 Å². The number of halogens is 2. The molecule has 8 N–H and O–H groups in total. The fourth-order valence-corrected chi connectivity index (χ4v) is 7.09. The number of nitrogens with zero attached hydrogens (tertiary/aromatic N) is 2. The maximum absolute atomic E-state index is 12.8. The molecular formula is C52H62ClIN8O8. The van der Waals surface area contributed by atoms with Crippen molar-refractivity contribution >= 4 is 71.8 Å². The number of amides is 2. The molecule has 0 fully saturated rings. The number of ether oxygens (including phenoxy) is 2. The molecule has 0 aliphatic carbocycles. The average Bonchev–Trinajstić information content (AvgIpc) is 3.32. The molecular weight excluding hydrogens is 1030 g/mol. The summed E-state index contributed by atoms with van der Waals surface area (Å²) in [6, 6.07) is 33.9. The van der Waals surface area contributed by atoms with E-state index in [2.05, 4.69) is 10.6 Å². The van der Waals surface area contributed by atoms with Gasteiger partial charge in [0.25, 0.3) is 11.8 Å². The molecule has 2 amide bonds. The van der Waals surface area contributed by atoms with Crippen LogP contribution < -0.4 is 31.6 Å². The molecule has 2 unspecified atom stereocenters. The summed E-state index contributed by atoms with van der Waals surface area (Å²) in [4.78, 5) is 50.5. The third-order valence-electron chi connectivity index (χ3n) is 10.9. The number of esters is 2. The standard InChI is InChI=1S/2C25H26N4O4.2CH4.ClH.HI/c2*1-16(22(25(31)33-2)15-17-4-3-5-21(14-17)23(26)27)28-24(30)20-8-6-18(7-9-20)19-10-12-29(32)13-11-19;;;;/h2*3-14,16,22H,15H2,1-2H3,(H3,26,27)(H,28,30);2*1H4;2*1H/t2*16-,22?;;;;/m11..../s1. The predicted octanol–water partition coefficient (Wildman–Crippen LogP) is 7.15. The number of nitrogen functional groups attached to an aromatic ring is 2. The second-order valence-electron chi connectivity index (χ2n) is 15.5. The van der Waals surface area contributed by atoms with Crippen LogP contribution >= 0.6 is 36.4 Å². The lowest BCUT2D eigenvalue weighted by Gasteiger charge is -2.23. The first-order chi connectivity index (χ1) is 31.6. The third-order valence-corrected chi connectivity index (χ3v) is 10.9. The van der Waals surface area contributed by atoms with Gasteiger partial charge < -0.3 is 42.0 Å². The number of methoxy groups -OCH3 is 2. The highest BCUT2D eigenvalue weighted by Gasteiger charge is 2.29. The SMILES string of the molecule is C.C.COC(=O)C(Cc1cccc(C(=N)N)c1)[C@@H](C)NC(=O)c1ccc(-c2cc[n+]([O-])cc2)cc1.COC(=O)C(Cc1cccc(C(=N)N)c1)[C@@H](C)NC(=O)c1ccc(-c2cc[n+]([O-])cc2)cc1.Cl.I. The fraction of sp³-hybridized carbons (Fsp3) is 0.231. The van der Waals surface area contributed by atoms with E-state index in [4.69, 9.17) is 31.8 Å². The average molecular weight is 1090 g/mol. The monoisotopic (exact) mass is 1090 g/mol. The van der Waals surface area contributed by atoms with E-state index in [1.165, 1.54) is 39.0 Å². The quantitative estimate of drug-likeness (QED) is 0.0142. The van der Waals surface area contributed by atoms with Crippen molar-refractivity contribution in [3.8, 4) is 22.3 Å². The Labute approximate surface area is 432 Å². The van der Waals surface area contributed by atoms with Crippen molar-refractivity contribution in [3.05, 3.63) is 190 Å². The molecule has 0 saturated heterocycles. The number of rotatable bonds is 16. The number of nitrogens with two attached hydrogens (primary N) is 2. The number of hydrogen-bond acceptors (Lipinski definition) is 10. The molecule has 4 atom stereocenters. The van der Waals surface area contributed by atoms with E-state index in [1.54, 1.807) is 123 Å². The largest absolute Gasteiger partial charge is 0.619 e. The molecule has 2 aromatic heterocycles. The van der Waals surface area contributed by atoms with Crippen molar-refractivity contribution in [1.29, 1.82) is 10.8 Å². The first kappa shape index (κ1) is 60.6. The second-order valence-corrected chi connectivity index (χ2v) is 15.5. The van der Waals surface area contributed by atoms with Crippen LogP contribution in [0.5, 0.6) is 0 Å². The normalized spacial score (nSPS) is 11.7. The van der Waals surface area contributed by atoms with Gasteiger partial charge in [0.05, 0.1) is 26.1 Å². The number of carbonyl (C=O) groups excluding carboxylic acids is 4. The van der Waals surface area contributed by atoms with E-state index in [9.17, 15) is 29.6 Å². The molecule has 0 spiro atoms. The minimum Gasteiger partial charge on any atom is -0.619 e. The number of hydrogen-bond donors (Lipinski definition) is 6. The third kappa shape index (κ3) is 17.0. The summed E-state index contributed by atoms with van der Waals surface area (Å²) >= 11 is 0. The minimum atomic E-state index is -0.622. The van der Waals surface area contributed by atoms with Gasteiger partial charge in [-0.15, -0.1) is 36.4 Å². The Kier molecular flexibility index (Phi) is 25.0. The number of pyridine rings is 2. The van der Waals surface area contributed by atoms with Crippen molar-refractivity contribution in [2.75, 3.05) is 14.2 Å². The van der Waals surface area contributed by atoms with E-state index >= 15 is 0 Å². The van der Waals surface area contributed by atoms with E-state index < -0.39 is 35.9 Å². The summed E-state index contributed by atoms with van der Waals surface area (Å²) in [5.74, 6) is -2.86. The number of nitrogens with one attached hydrogen (secondary N) is 4. The zero-order valence-corrected chi connectivity index (χ0v) is 40.9. The Morgan fingerprint density at radius 1 is 0.543 bits per heavy atom. The first-order valence-electron chi connectivity index (χ1n) is 20.8. The summed E-state index contributed by atoms with van der Waals surface area (Å²) in [5.41, 5.74) is 18.2. The maximum Gasteiger partial charge on any atom is 0.311 e. The van der Waals surface area contributed by atoms with Gasteiger partial charge in [0.15, 0.2) is 24.8 Å². The van der Waals surface area contributed by atoms with Gasteiger partial charge in [-0.25, -0.2) is 0 Å². The van der Waals surface area contributed by atoms with Crippen LogP contribution in [0.1, 0.15) is 71.7 Å². The Morgan fingerprint density at radius 3 is 1.13 bits per heavy atom. The van der Waals surface area contributed by atoms with Gasteiger partial charge in [-0.2, -0.15) is 9.46 Å². The van der Waals surface area contributed by atoms with Crippen LogP contribution in [-0.4, -0.2) is 61.7 Å². The molecule has 70 heavy (non-hydrogen) atoms. The Bertz CT molecular complexity index is 2490. The second kappa shape index (κ2) is 28.8. The van der Waals surface area contributed by atoms with Crippen LogP contribution in [0.3, 0.4) is 0 Å². The van der Waals surface area contributed by atoms with Crippen molar-refractivity contribution in [3.63, 3.8) is 0 Å². The summed E-state index contributed by atoms with van der Waals surface area (Å²) in [5, 5.41) is 43.4. The number of aromatic nitrogens is 2. The molecule has 6 rings (SSSR count). The van der Waals surface area contributed by atoms with Crippen LogP contribution in [-0.2, 0) is 31.9 Å². The van der Waals surface area contributed by atoms with Crippen LogP contribution in [0.4, 0.5) is 0 Å². The maximum atomic E-state index is 12.8. The van der Waals surface area contributed by atoms with Gasteiger partial charge in [-0.3, -0.25) is 30.0 Å². The molecule has 18 heteroatoms. The highest BCUT2D eigenvalue weighted by atomic mass is 127. The molecule has 0 aliphatic heterocycles. The number of carbonyl (C=O) groups is 4. The summed E-state index contributed by atoms with van der Waals surface area (Å²) in [6.45, 7) is 3.51. The lowest BCUT2D eigenvalue weighted by Crippen LogP contribution is -2.42. The zero-order chi connectivity index (χ0) is 47.9. The van der Waals surface area contributed by atoms with E-state index in [-0.39, 0.29) is 74.7 Å². The predicted molar refractivity (Wildman–Crippen MR) is 285 cm³/mol. The molecule has 4 aromatic carbocycles. The molecule has 0 saturated carbocycles. The Balaban J connectivity index is 0.000000662. The highest BCUT2D eigenvalue weighted by Crippen LogP contribution is 2.22. The topological polar surface area (TPSA) is 264 Å². The summed E-state index contributed by atoms with van der Waals surface area (Å²) < 4.78 is 11.3. The van der Waals surface area contributed by atoms with Crippen molar-refractivity contribution in [1.82, 2.24) is 10.6 Å². The fourth-order valence-electron chi connectivity index (χ4n) is 7.09. The lowest BCUT2D eigenvalue weighted by molar-refractivity contribution is -0.605. The van der Waals surface area contributed by atoms with Gasteiger partial charge in [-0.1, -0.05) is 75.5 Å². The number of amidine groups is 2. The molecule has 2 heterocycles. The van der Waals surface area contributed by atoms with E-state index in [0.717, 1.165) is 33.4 Å². The minimum absolute atomic E-state index is 0. The number of benzene rings is 4. The van der Waals surface area contributed by atoms with Gasteiger partial charge in [0, 0.05) is 58.6 Å². The molecule has 0 aliphatic rings. The molecule has 372 valence electrons. The summed E-state index contributed by atoms with van der Waals surface area (Å²) in [7, 11) is 2.62. The first-order valence-corrected chi connectivity index (χ1v) is 20.8. The Morgan fingerprint density at radius 2 is 0.843 bits per heavy atom. The van der Waals surface area contributed by atoms with Crippen LogP contribution in [0.2, 0.25) is 0 Å². The van der Waals surface area contributed by atoms with Crippen LogP contribution in [0.25, 0.3) is 22.3 Å². The van der Waals surface area contributed by atoms with Gasteiger partial charge in [0.1, 0.15) is 11.7 Å².